The van der Waals surface area contributed by atoms with Gasteiger partial charge in [-0.15, -0.1) is 0 Å². The minimum atomic E-state index is -0.241. The van der Waals surface area contributed by atoms with Gasteiger partial charge in [0, 0.05) is 18.9 Å². The number of ether oxygens (including phenoxy) is 3. The summed E-state index contributed by atoms with van der Waals surface area (Å²) in [5.74, 6) is 1.91. The molecule has 2 aromatic rings. The van der Waals surface area contributed by atoms with Crippen molar-refractivity contribution in [3.05, 3.63) is 53.6 Å². The molecule has 136 valence electrons. The zero-order chi connectivity index (χ0) is 18.7. The highest BCUT2D eigenvalue weighted by molar-refractivity contribution is 6.03. The van der Waals surface area contributed by atoms with Crippen LogP contribution in [0.25, 0.3) is 0 Å². The zero-order valence-corrected chi connectivity index (χ0v) is 15.4. The van der Waals surface area contributed by atoms with Crippen LogP contribution in [0.4, 0.5) is 0 Å². The predicted molar refractivity (Wildman–Crippen MR) is 99.0 cm³/mol. The minimum Gasteiger partial charge on any atom is -0.497 e. The van der Waals surface area contributed by atoms with E-state index in [1.54, 1.807) is 21.3 Å². The van der Waals surface area contributed by atoms with Crippen molar-refractivity contribution >= 4 is 11.6 Å². The number of hydrogen-bond acceptors (Lipinski definition) is 5. The molecule has 0 radical (unpaired) electrons. The molecule has 1 atom stereocenters. The van der Waals surface area contributed by atoms with E-state index in [0.29, 0.717) is 17.9 Å². The molecule has 1 heterocycles. The van der Waals surface area contributed by atoms with Crippen molar-refractivity contribution in [2.45, 2.75) is 19.4 Å². The van der Waals surface area contributed by atoms with Gasteiger partial charge in [0.2, 0.25) is 5.91 Å². The molecule has 0 unspecified atom stereocenters. The molecule has 6 nitrogen and oxygen atoms in total. The lowest BCUT2D eigenvalue weighted by Gasteiger charge is -2.23. The summed E-state index contributed by atoms with van der Waals surface area (Å²) in [5, 5.41) is 6.08. The highest BCUT2D eigenvalue weighted by Crippen LogP contribution is 2.41. The number of nitrogens with zero attached hydrogens (tertiary/aromatic N) is 2. The number of carbonyl (C=O) groups is 1. The molecule has 26 heavy (non-hydrogen) atoms. The largest absolute Gasteiger partial charge is 0.497 e. The second kappa shape index (κ2) is 7.47. The van der Waals surface area contributed by atoms with Crippen LogP contribution in [-0.4, -0.2) is 38.0 Å². The van der Waals surface area contributed by atoms with Gasteiger partial charge >= 0.3 is 0 Å². The number of benzene rings is 2. The van der Waals surface area contributed by atoms with E-state index in [4.69, 9.17) is 14.2 Å². The molecule has 0 bridgehead atoms. The fourth-order valence-corrected chi connectivity index (χ4v) is 3.18. The van der Waals surface area contributed by atoms with Crippen LogP contribution >= 0.6 is 0 Å². The first-order chi connectivity index (χ1) is 12.6. The van der Waals surface area contributed by atoms with Gasteiger partial charge in [-0.25, -0.2) is 5.01 Å². The maximum Gasteiger partial charge on any atom is 0.240 e. The van der Waals surface area contributed by atoms with Crippen LogP contribution in [0, 0.1) is 0 Å². The van der Waals surface area contributed by atoms with Crippen LogP contribution in [0.15, 0.2) is 47.6 Å². The highest BCUT2D eigenvalue weighted by atomic mass is 16.5. The molecule has 6 heteroatoms. The summed E-state index contributed by atoms with van der Waals surface area (Å²) in [7, 11) is 4.82. The van der Waals surface area contributed by atoms with E-state index in [2.05, 4.69) is 5.10 Å². The molecule has 0 aliphatic carbocycles. The van der Waals surface area contributed by atoms with Gasteiger partial charge < -0.3 is 14.2 Å². The maximum atomic E-state index is 12.2. The first kappa shape index (κ1) is 17.8. The molecular weight excluding hydrogens is 332 g/mol. The summed E-state index contributed by atoms with van der Waals surface area (Å²) in [4.78, 5) is 12.2. The monoisotopic (exact) mass is 354 g/mol. The van der Waals surface area contributed by atoms with Crippen molar-refractivity contribution in [1.82, 2.24) is 5.01 Å². The second-order valence-corrected chi connectivity index (χ2v) is 5.94. The number of carbonyl (C=O) groups excluding carboxylic acids is 1. The second-order valence-electron chi connectivity index (χ2n) is 5.94. The van der Waals surface area contributed by atoms with Crippen LogP contribution in [-0.2, 0) is 4.79 Å². The molecule has 0 fully saturated rings. The summed E-state index contributed by atoms with van der Waals surface area (Å²) in [6.07, 6.45) is 0.593. The van der Waals surface area contributed by atoms with Crippen LogP contribution in [0.5, 0.6) is 17.2 Å². The number of hydrogen-bond donors (Lipinski definition) is 0. The van der Waals surface area contributed by atoms with E-state index >= 15 is 0 Å². The summed E-state index contributed by atoms with van der Waals surface area (Å²) in [6.45, 7) is 1.51. The highest BCUT2D eigenvalue weighted by Gasteiger charge is 2.34. The number of hydrazone groups is 1. The molecule has 0 N–H and O–H groups in total. The lowest BCUT2D eigenvalue weighted by atomic mass is 9.97. The van der Waals surface area contributed by atoms with Gasteiger partial charge in [0.1, 0.15) is 5.75 Å². The average Bonchev–Trinajstić information content (AvgIpc) is 3.12. The molecule has 2 aromatic carbocycles. The Labute approximate surface area is 153 Å². The van der Waals surface area contributed by atoms with Gasteiger partial charge in [-0.3, -0.25) is 4.79 Å². The van der Waals surface area contributed by atoms with Crippen molar-refractivity contribution in [2.24, 2.45) is 5.10 Å². The third-order valence-corrected chi connectivity index (χ3v) is 4.45. The van der Waals surface area contributed by atoms with E-state index in [0.717, 1.165) is 22.6 Å². The van der Waals surface area contributed by atoms with Crippen molar-refractivity contribution in [1.29, 1.82) is 0 Å². The van der Waals surface area contributed by atoms with Gasteiger partial charge in [0.25, 0.3) is 0 Å². The topological polar surface area (TPSA) is 60.4 Å². The molecule has 0 aromatic heterocycles. The van der Waals surface area contributed by atoms with Crippen LogP contribution in [0.3, 0.4) is 0 Å². The van der Waals surface area contributed by atoms with Crippen molar-refractivity contribution < 1.29 is 19.0 Å². The lowest BCUT2D eigenvalue weighted by molar-refractivity contribution is -0.130. The number of amides is 1. The minimum absolute atomic E-state index is 0.122. The Hall–Kier alpha value is -3.02. The SMILES string of the molecule is COc1ccc(C2=NN(C(C)=O)[C@H](c3cccc(OC)c3OC)C2)cc1. The van der Waals surface area contributed by atoms with Crippen molar-refractivity contribution in [3.8, 4) is 17.2 Å². The Morgan fingerprint density at radius 3 is 2.35 bits per heavy atom. The molecule has 0 saturated carbocycles. The van der Waals surface area contributed by atoms with Gasteiger partial charge in [0.15, 0.2) is 11.5 Å². The first-order valence-corrected chi connectivity index (χ1v) is 8.31. The van der Waals surface area contributed by atoms with E-state index in [1.807, 2.05) is 42.5 Å². The van der Waals surface area contributed by atoms with Crippen LogP contribution in [0.1, 0.15) is 30.5 Å². The van der Waals surface area contributed by atoms with Gasteiger partial charge in [0.05, 0.1) is 33.1 Å². The Morgan fingerprint density at radius 1 is 1.04 bits per heavy atom. The van der Waals surface area contributed by atoms with Gasteiger partial charge in [-0.2, -0.15) is 5.10 Å². The summed E-state index contributed by atoms with van der Waals surface area (Å²) in [5.41, 5.74) is 2.67. The summed E-state index contributed by atoms with van der Waals surface area (Å²) >= 11 is 0. The Kier molecular flexibility index (Phi) is 5.11. The van der Waals surface area contributed by atoms with E-state index < -0.39 is 0 Å². The normalized spacial score (nSPS) is 16.2. The van der Waals surface area contributed by atoms with Gasteiger partial charge in [-0.05, 0) is 35.9 Å². The summed E-state index contributed by atoms with van der Waals surface area (Å²) < 4.78 is 16.1. The first-order valence-electron chi connectivity index (χ1n) is 8.31. The fourth-order valence-electron chi connectivity index (χ4n) is 3.18. The molecular formula is C20H22N2O4. The lowest BCUT2D eigenvalue weighted by Crippen LogP contribution is -2.24. The number of rotatable bonds is 5. The van der Waals surface area contributed by atoms with Crippen molar-refractivity contribution in [3.63, 3.8) is 0 Å². The van der Waals surface area contributed by atoms with E-state index in [9.17, 15) is 4.79 Å². The Morgan fingerprint density at radius 2 is 1.77 bits per heavy atom. The maximum absolute atomic E-state index is 12.2. The molecule has 0 spiro atoms. The van der Waals surface area contributed by atoms with E-state index in [-0.39, 0.29) is 11.9 Å². The Bertz CT molecular complexity index is 830. The van der Waals surface area contributed by atoms with Crippen LogP contribution in [0.2, 0.25) is 0 Å². The fraction of sp³-hybridized carbons (Fsp3) is 0.300. The van der Waals surface area contributed by atoms with Crippen LogP contribution < -0.4 is 14.2 Å². The molecule has 1 amide bonds. The van der Waals surface area contributed by atoms with E-state index in [1.165, 1.54) is 11.9 Å². The smallest absolute Gasteiger partial charge is 0.240 e. The third kappa shape index (κ3) is 3.22. The molecule has 0 saturated heterocycles. The number of methoxy groups -OCH3 is 3. The third-order valence-electron chi connectivity index (χ3n) is 4.45. The average molecular weight is 354 g/mol. The summed E-state index contributed by atoms with van der Waals surface area (Å²) in [6, 6.07) is 13.1. The Balaban J connectivity index is 1.98. The molecule has 1 aliphatic heterocycles. The van der Waals surface area contributed by atoms with Gasteiger partial charge in [-0.1, -0.05) is 12.1 Å². The predicted octanol–water partition coefficient (Wildman–Crippen LogP) is 3.41. The van der Waals surface area contributed by atoms with Crippen molar-refractivity contribution in [2.75, 3.05) is 21.3 Å². The molecule has 1 aliphatic rings. The standard InChI is InChI=1S/C20H22N2O4/c1-13(23)22-18(16-6-5-7-19(25-3)20(16)26-4)12-17(21-22)14-8-10-15(24-2)11-9-14/h5-11,18H,12H2,1-4H3/t18-/m0/s1. The molecule has 3 rings (SSSR count). The zero-order valence-electron chi connectivity index (χ0n) is 15.4. The number of para-hydroxylation sites is 1. The quantitative estimate of drug-likeness (QED) is 0.826.